The Hall–Kier alpha value is -1.63. The summed E-state index contributed by atoms with van der Waals surface area (Å²) in [7, 11) is -2.99. The zero-order chi connectivity index (χ0) is 14.9. The predicted octanol–water partition coefficient (Wildman–Crippen LogP) is 0.599. The molecule has 114 valence electrons. The van der Waals surface area contributed by atoms with Gasteiger partial charge in [-0.25, -0.2) is 8.42 Å². The molecule has 0 aliphatic carbocycles. The molecule has 1 unspecified atom stereocenters. The normalized spacial score (nSPS) is 24.2. The van der Waals surface area contributed by atoms with E-state index >= 15 is 0 Å². The third-order valence-corrected chi connectivity index (χ3v) is 5.78. The highest BCUT2D eigenvalue weighted by Gasteiger charge is 2.29. The number of carbonyl (C=O) groups is 1. The molecular weight excluding hydrogens is 290 g/mol. The molecule has 1 atom stereocenters. The molecule has 0 bridgehead atoms. The van der Waals surface area contributed by atoms with Gasteiger partial charge in [0.05, 0.1) is 11.5 Å². The quantitative estimate of drug-likeness (QED) is 0.884. The van der Waals surface area contributed by atoms with Crippen molar-refractivity contribution in [2.45, 2.75) is 25.3 Å². The Balaban J connectivity index is 1.68. The van der Waals surface area contributed by atoms with Gasteiger partial charge in [0.25, 0.3) is 5.91 Å². The van der Waals surface area contributed by atoms with E-state index in [0.29, 0.717) is 12.1 Å². The van der Waals surface area contributed by atoms with Gasteiger partial charge in [-0.15, -0.1) is 0 Å². The summed E-state index contributed by atoms with van der Waals surface area (Å²) in [5.74, 6) is -0.109. The number of pyridine rings is 1. The second kappa shape index (κ2) is 5.63. The van der Waals surface area contributed by atoms with Crippen LogP contribution in [0.3, 0.4) is 0 Å². The summed E-state index contributed by atoms with van der Waals surface area (Å²) in [4.78, 5) is 18.5. The molecular formula is C14H19N3O3S. The highest BCUT2D eigenvalue weighted by atomic mass is 32.2. The van der Waals surface area contributed by atoms with Gasteiger partial charge < -0.3 is 10.2 Å². The minimum Gasteiger partial charge on any atom is -0.371 e. The summed E-state index contributed by atoms with van der Waals surface area (Å²) in [6.07, 6.45) is 4.46. The average Bonchev–Trinajstić information content (AvgIpc) is 3.09. The van der Waals surface area contributed by atoms with Gasteiger partial charge in [-0.2, -0.15) is 0 Å². The van der Waals surface area contributed by atoms with Crippen LogP contribution in [0.15, 0.2) is 18.3 Å². The molecule has 2 fully saturated rings. The summed E-state index contributed by atoms with van der Waals surface area (Å²) in [6, 6.07) is 3.39. The minimum atomic E-state index is -2.99. The van der Waals surface area contributed by atoms with Crippen LogP contribution in [0.25, 0.3) is 0 Å². The number of carbonyl (C=O) groups excluding carboxylic acids is 1. The maximum absolute atomic E-state index is 12.2. The lowest BCUT2D eigenvalue weighted by molar-refractivity contribution is 0.0936. The predicted molar refractivity (Wildman–Crippen MR) is 80.2 cm³/mol. The van der Waals surface area contributed by atoms with Gasteiger partial charge in [0.15, 0.2) is 9.84 Å². The minimum absolute atomic E-state index is 0.0323. The molecule has 0 aromatic carbocycles. The SMILES string of the molecule is O=C(NC1CCS(=O)(=O)C1)c1cc(N2CCCC2)ccn1. The third-order valence-electron chi connectivity index (χ3n) is 4.02. The Labute approximate surface area is 124 Å². The van der Waals surface area contributed by atoms with Crippen LogP contribution >= 0.6 is 0 Å². The highest BCUT2D eigenvalue weighted by molar-refractivity contribution is 7.91. The lowest BCUT2D eigenvalue weighted by Gasteiger charge is -2.18. The van der Waals surface area contributed by atoms with Crippen molar-refractivity contribution in [1.82, 2.24) is 10.3 Å². The second-order valence-electron chi connectivity index (χ2n) is 5.67. The van der Waals surface area contributed by atoms with Crippen molar-refractivity contribution in [3.63, 3.8) is 0 Å². The largest absolute Gasteiger partial charge is 0.371 e. The Morgan fingerprint density at radius 1 is 1.33 bits per heavy atom. The topological polar surface area (TPSA) is 79.4 Å². The molecule has 2 saturated heterocycles. The average molecular weight is 309 g/mol. The Morgan fingerprint density at radius 3 is 2.76 bits per heavy atom. The molecule has 21 heavy (non-hydrogen) atoms. The molecule has 0 spiro atoms. The number of hydrogen-bond donors (Lipinski definition) is 1. The summed E-state index contributed by atoms with van der Waals surface area (Å²) in [5.41, 5.74) is 1.36. The molecule has 7 heteroatoms. The number of hydrogen-bond acceptors (Lipinski definition) is 5. The van der Waals surface area contributed by atoms with Crippen LogP contribution in [0.5, 0.6) is 0 Å². The standard InChI is InChI=1S/C14H19N3O3S/c18-14(16-11-4-8-21(19,20)10-11)13-9-12(3-5-15-13)17-6-1-2-7-17/h3,5,9,11H,1-2,4,6-8,10H2,(H,16,18). The molecule has 3 rings (SSSR count). The van der Waals surface area contributed by atoms with Crippen molar-refractivity contribution < 1.29 is 13.2 Å². The second-order valence-corrected chi connectivity index (χ2v) is 7.90. The van der Waals surface area contributed by atoms with Crippen LogP contribution < -0.4 is 10.2 Å². The van der Waals surface area contributed by atoms with Crippen molar-refractivity contribution in [3.05, 3.63) is 24.0 Å². The monoisotopic (exact) mass is 309 g/mol. The molecule has 2 aliphatic heterocycles. The van der Waals surface area contributed by atoms with Crippen molar-refractivity contribution >= 4 is 21.4 Å². The molecule has 1 N–H and O–H groups in total. The van der Waals surface area contributed by atoms with Crippen molar-refractivity contribution in [2.24, 2.45) is 0 Å². The molecule has 2 aliphatic rings. The van der Waals surface area contributed by atoms with E-state index in [1.165, 1.54) is 12.8 Å². The zero-order valence-electron chi connectivity index (χ0n) is 11.8. The first-order valence-corrected chi connectivity index (χ1v) is 9.08. The summed E-state index contributed by atoms with van der Waals surface area (Å²) < 4.78 is 22.8. The van der Waals surface area contributed by atoms with E-state index in [2.05, 4.69) is 15.2 Å². The van der Waals surface area contributed by atoms with Crippen LogP contribution in [0.2, 0.25) is 0 Å². The number of nitrogens with one attached hydrogen (secondary N) is 1. The number of amides is 1. The fraction of sp³-hybridized carbons (Fsp3) is 0.571. The lowest BCUT2D eigenvalue weighted by atomic mass is 10.2. The molecule has 3 heterocycles. The maximum Gasteiger partial charge on any atom is 0.270 e. The van der Waals surface area contributed by atoms with Gasteiger partial charge in [-0.3, -0.25) is 9.78 Å². The molecule has 6 nitrogen and oxygen atoms in total. The van der Waals surface area contributed by atoms with Crippen molar-refractivity contribution in [3.8, 4) is 0 Å². The van der Waals surface area contributed by atoms with Gasteiger partial charge in [-0.05, 0) is 31.4 Å². The summed E-state index contributed by atoms with van der Waals surface area (Å²) in [5, 5.41) is 2.77. The van der Waals surface area contributed by atoms with Crippen LogP contribution in [-0.4, -0.2) is 49.9 Å². The van der Waals surface area contributed by atoms with E-state index in [0.717, 1.165) is 18.8 Å². The summed E-state index contributed by atoms with van der Waals surface area (Å²) in [6.45, 7) is 2.01. The first kappa shape index (κ1) is 14.3. The fourth-order valence-corrected chi connectivity index (χ4v) is 4.56. The van der Waals surface area contributed by atoms with Gasteiger partial charge in [0.1, 0.15) is 5.69 Å². The first-order chi connectivity index (χ1) is 10.0. The zero-order valence-corrected chi connectivity index (χ0v) is 12.6. The van der Waals surface area contributed by atoms with E-state index < -0.39 is 9.84 Å². The van der Waals surface area contributed by atoms with Gasteiger partial charge >= 0.3 is 0 Å². The van der Waals surface area contributed by atoms with E-state index in [1.54, 1.807) is 12.3 Å². The molecule has 1 aromatic heterocycles. The lowest BCUT2D eigenvalue weighted by Crippen LogP contribution is -2.36. The third kappa shape index (κ3) is 3.34. The number of anilines is 1. The highest BCUT2D eigenvalue weighted by Crippen LogP contribution is 2.20. The number of aromatic nitrogens is 1. The molecule has 1 amide bonds. The van der Waals surface area contributed by atoms with Gasteiger partial charge in [0, 0.05) is 31.0 Å². The molecule has 1 aromatic rings. The first-order valence-electron chi connectivity index (χ1n) is 7.26. The molecule has 0 radical (unpaired) electrons. The smallest absolute Gasteiger partial charge is 0.270 e. The van der Waals surface area contributed by atoms with Crippen molar-refractivity contribution in [1.29, 1.82) is 0 Å². The number of rotatable bonds is 3. The Kier molecular flexibility index (Phi) is 3.84. The number of nitrogens with zero attached hydrogens (tertiary/aromatic N) is 2. The van der Waals surface area contributed by atoms with E-state index in [4.69, 9.17) is 0 Å². The summed E-state index contributed by atoms with van der Waals surface area (Å²) >= 11 is 0. The Morgan fingerprint density at radius 2 is 2.10 bits per heavy atom. The van der Waals surface area contributed by atoms with Gasteiger partial charge in [0.2, 0.25) is 0 Å². The van der Waals surface area contributed by atoms with E-state index in [9.17, 15) is 13.2 Å². The van der Waals surface area contributed by atoms with Crippen LogP contribution in [0.4, 0.5) is 5.69 Å². The van der Waals surface area contributed by atoms with Gasteiger partial charge in [-0.1, -0.05) is 0 Å². The van der Waals surface area contributed by atoms with E-state index in [1.807, 2.05) is 6.07 Å². The number of sulfone groups is 1. The van der Waals surface area contributed by atoms with Crippen molar-refractivity contribution in [2.75, 3.05) is 29.5 Å². The maximum atomic E-state index is 12.2. The Bertz CT molecular complexity index is 639. The van der Waals surface area contributed by atoms with E-state index in [-0.39, 0.29) is 23.5 Å². The van der Waals surface area contributed by atoms with Crippen LogP contribution in [-0.2, 0) is 9.84 Å². The molecule has 0 saturated carbocycles. The fourth-order valence-electron chi connectivity index (χ4n) is 2.88. The van der Waals surface area contributed by atoms with Crippen LogP contribution in [0.1, 0.15) is 29.8 Å². The van der Waals surface area contributed by atoms with Crippen LogP contribution in [0, 0.1) is 0 Å².